The maximum Gasteiger partial charge on any atom is 0.220 e. The van der Waals surface area contributed by atoms with Gasteiger partial charge in [0.2, 0.25) is 5.95 Å². The fraction of sp³-hybridized carbons (Fsp3) is 0.400. The molecule has 2 aliphatic rings. The number of nitrogens with two attached hydrogens (primary N) is 1. The Morgan fingerprint density at radius 2 is 2.27 bits per heavy atom. The van der Waals surface area contributed by atoms with E-state index in [9.17, 15) is 4.39 Å². The standard InChI is InChI=1S/C20H22FN3OS/c1-2-3-5-14-11-25-17-8-7-13(15-6-4-9-23-18(15)21)10-16(17)20(14)12-26-19(22)24-20/h4,6-10,14H,2-3,5,11-12H2,1H3,(H2,22,24)/t14?,20-/m0/s1. The Labute approximate surface area is 157 Å². The zero-order valence-corrected chi connectivity index (χ0v) is 15.6. The third kappa shape index (κ3) is 2.86. The van der Waals surface area contributed by atoms with Crippen molar-refractivity contribution in [3.8, 4) is 16.9 Å². The maximum absolute atomic E-state index is 14.2. The van der Waals surface area contributed by atoms with Crippen molar-refractivity contribution in [3.05, 3.63) is 48.0 Å². The Hall–Kier alpha value is -2.08. The van der Waals surface area contributed by atoms with Gasteiger partial charge in [0.25, 0.3) is 0 Å². The Morgan fingerprint density at radius 1 is 1.38 bits per heavy atom. The topological polar surface area (TPSA) is 60.5 Å². The summed E-state index contributed by atoms with van der Waals surface area (Å²) < 4.78 is 20.2. The molecule has 2 aliphatic heterocycles. The number of hydrogen-bond acceptors (Lipinski definition) is 5. The van der Waals surface area contributed by atoms with E-state index in [2.05, 4.69) is 11.9 Å². The average Bonchev–Trinajstić information content (AvgIpc) is 3.04. The van der Waals surface area contributed by atoms with E-state index in [0.717, 1.165) is 41.9 Å². The Bertz CT molecular complexity index is 857. The zero-order valence-electron chi connectivity index (χ0n) is 14.7. The van der Waals surface area contributed by atoms with Crippen LogP contribution in [-0.4, -0.2) is 22.5 Å². The summed E-state index contributed by atoms with van der Waals surface area (Å²) in [4.78, 5) is 8.65. The number of fused-ring (bicyclic) bond motifs is 2. The molecule has 1 unspecified atom stereocenters. The van der Waals surface area contributed by atoms with Crippen LogP contribution in [0.15, 0.2) is 41.5 Å². The predicted octanol–water partition coefficient (Wildman–Crippen LogP) is 4.34. The average molecular weight is 371 g/mol. The number of halogens is 1. The molecule has 26 heavy (non-hydrogen) atoms. The Kier molecular flexibility index (Phi) is 4.61. The monoisotopic (exact) mass is 371 g/mol. The van der Waals surface area contributed by atoms with Crippen LogP contribution in [0.2, 0.25) is 0 Å². The number of aromatic nitrogens is 1. The lowest BCUT2D eigenvalue weighted by Crippen LogP contribution is -2.41. The van der Waals surface area contributed by atoms with Crippen LogP contribution in [0.3, 0.4) is 0 Å². The lowest BCUT2D eigenvalue weighted by Gasteiger charge is -2.40. The van der Waals surface area contributed by atoms with E-state index < -0.39 is 5.95 Å². The second-order valence-electron chi connectivity index (χ2n) is 6.87. The van der Waals surface area contributed by atoms with Crippen molar-refractivity contribution >= 4 is 16.9 Å². The van der Waals surface area contributed by atoms with Crippen molar-refractivity contribution < 1.29 is 9.13 Å². The van der Waals surface area contributed by atoms with Gasteiger partial charge in [-0.1, -0.05) is 37.6 Å². The van der Waals surface area contributed by atoms with Crippen LogP contribution in [-0.2, 0) is 5.54 Å². The number of unbranched alkanes of at least 4 members (excludes halogenated alkanes) is 1. The summed E-state index contributed by atoms with van der Waals surface area (Å²) in [6, 6.07) is 9.31. The summed E-state index contributed by atoms with van der Waals surface area (Å²) >= 11 is 1.59. The van der Waals surface area contributed by atoms with Gasteiger partial charge in [-0.05, 0) is 36.2 Å². The molecule has 0 saturated carbocycles. The molecule has 1 aromatic heterocycles. The van der Waals surface area contributed by atoms with Gasteiger partial charge in [0.1, 0.15) is 11.3 Å². The fourth-order valence-electron chi connectivity index (χ4n) is 3.88. The molecule has 1 spiro atoms. The molecule has 6 heteroatoms. The summed E-state index contributed by atoms with van der Waals surface area (Å²) in [6.45, 7) is 2.83. The minimum Gasteiger partial charge on any atom is -0.493 e. The molecule has 136 valence electrons. The van der Waals surface area contributed by atoms with E-state index in [0.29, 0.717) is 17.3 Å². The number of thioether (sulfide) groups is 1. The molecule has 2 N–H and O–H groups in total. The summed E-state index contributed by atoms with van der Waals surface area (Å²) in [6.07, 6.45) is 4.76. The van der Waals surface area contributed by atoms with E-state index in [-0.39, 0.29) is 11.5 Å². The maximum atomic E-state index is 14.2. The van der Waals surface area contributed by atoms with Gasteiger partial charge < -0.3 is 10.5 Å². The largest absolute Gasteiger partial charge is 0.493 e. The number of amidine groups is 1. The van der Waals surface area contributed by atoms with Crippen LogP contribution in [0, 0.1) is 11.9 Å². The van der Waals surface area contributed by atoms with E-state index in [1.54, 1.807) is 23.9 Å². The molecule has 0 radical (unpaired) electrons. The van der Waals surface area contributed by atoms with Crippen molar-refractivity contribution in [2.24, 2.45) is 16.6 Å². The SMILES string of the molecule is CCCCC1COc2ccc(-c3cccnc3F)cc2[C@]12CSC(N)=N2. The first kappa shape index (κ1) is 17.3. The first-order chi connectivity index (χ1) is 12.6. The summed E-state index contributed by atoms with van der Waals surface area (Å²) in [7, 11) is 0. The van der Waals surface area contributed by atoms with Gasteiger partial charge in [-0.2, -0.15) is 4.39 Å². The van der Waals surface area contributed by atoms with E-state index >= 15 is 0 Å². The molecule has 1 aromatic carbocycles. The first-order valence-corrected chi connectivity index (χ1v) is 9.99. The normalized spacial score (nSPS) is 24.2. The minimum absolute atomic E-state index is 0.275. The number of aliphatic imine (C=N–C) groups is 1. The number of nitrogens with zero attached hydrogens (tertiary/aromatic N) is 2. The van der Waals surface area contributed by atoms with Crippen LogP contribution in [0.25, 0.3) is 11.1 Å². The summed E-state index contributed by atoms with van der Waals surface area (Å²) in [5, 5.41) is 0.623. The summed E-state index contributed by atoms with van der Waals surface area (Å²) in [5.41, 5.74) is 7.97. The van der Waals surface area contributed by atoms with Crippen molar-refractivity contribution in [1.29, 1.82) is 0 Å². The predicted molar refractivity (Wildman–Crippen MR) is 104 cm³/mol. The third-order valence-electron chi connectivity index (χ3n) is 5.29. The molecule has 0 aliphatic carbocycles. The van der Waals surface area contributed by atoms with E-state index in [1.807, 2.05) is 18.2 Å². The van der Waals surface area contributed by atoms with Crippen molar-refractivity contribution in [2.75, 3.05) is 12.4 Å². The number of hydrogen-bond donors (Lipinski definition) is 1. The molecule has 2 aromatic rings. The number of rotatable bonds is 4. The lowest BCUT2D eigenvalue weighted by molar-refractivity contribution is 0.138. The zero-order chi connectivity index (χ0) is 18.1. The molecule has 4 rings (SSSR count). The minimum atomic E-state index is -0.468. The van der Waals surface area contributed by atoms with Gasteiger partial charge in [0.05, 0.1) is 6.61 Å². The van der Waals surface area contributed by atoms with Gasteiger partial charge in [-0.3, -0.25) is 0 Å². The third-order valence-corrected chi connectivity index (χ3v) is 6.26. The Balaban J connectivity index is 1.82. The summed E-state index contributed by atoms with van der Waals surface area (Å²) in [5.74, 6) is 1.44. The van der Waals surface area contributed by atoms with Crippen LogP contribution in [0.5, 0.6) is 5.75 Å². The first-order valence-electron chi connectivity index (χ1n) is 9.00. The van der Waals surface area contributed by atoms with Crippen LogP contribution >= 0.6 is 11.8 Å². The van der Waals surface area contributed by atoms with Gasteiger partial charge in [0, 0.05) is 29.0 Å². The van der Waals surface area contributed by atoms with Crippen molar-refractivity contribution in [2.45, 2.75) is 31.7 Å². The van der Waals surface area contributed by atoms with Gasteiger partial charge in [-0.15, -0.1) is 0 Å². The highest BCUT2D eigenvalue weighted by atomic mass is 32.2. The van der Waals surface area contributed by atoms with E-state index in [4.69, 9.17) is 15.5 Å². The lowest BCUT2D eigenvalue weighted by atomic mass is 9.75. The Morgan fingerprint density at radius 3 is 3.00 bits per heavy atom. The van der Waals surface area contributed by atoms with E-state index in [1.165, 1.54) is 6.20 Å². The molecule has 0 fully saturated rings. The van der Waals surface area contributed by atoms with Crippen LogP contribution < -0.4 is 10.5 Å². The second kappa shape index (κ2) is 6.91. The van der Waals surface area contributed by atoms with Crippen LogP contribution in [0.1, 0.15) is 31.7 Å². The molecule has 0 saturated heterocycles. The smallest absolute Gasteiger partial charge is 0.220 e. The molecule has 2 atom stereocenters. The van der Waals surface area contributed by atoms with Crippen LogP contribution in [0.4, 0.5) is 4.39 Å². The van der Waals surface area contributed by atoms with Gasteiger partial charge in [-0.25, -0.2) is 9.98 Å². The quantitative estimate of drug-likeness (QED) is 0.812. The fourth-order valence-corrected chi connectivity index (χ4v) is 4.93. The molecular formula is C20H22FN3OS. The second-order valence-corrected chi connectivity index (χ2v) is 7.86. The molecule has 3 heterocycles. The number of pyridine rings is 1. The molecular weight excluding hydrogens is 349 g/mol. The highest BCUT2D eigenvalue weighted by molar-refractivity contribution is 8.14. The van der Waals surface area contributed by atoms with Crippen molar-refractivity contribution in [3.63, 3.8) is 0 Å². The molecule has 0 bridgehead atoms. The molecule has 4 nitrogen and oxygen atoms in total. The number of benzene rings is 1. The number of ether oxygens (including phenoxy) is 1. The molecule has 0 amide bonds. The van der Waals surface area contributed by atoms with Crippen molar-refractivity contribution in [1.82, 2.24) is 4.98 Å². The highest BCUT2D eigenvalue weighted by Crippen LogP contribution is 2.51. The highest BCUT2D eigenvalue weighted by Gasteiger charge is 2.48. The van der Waals surface area contributed by atoms with Gasteiger partial charge in [0.15, 0.2) is 5.17 Å². The van der Waals surface area contributed by atoms with Gasteiger partial charge >= 0.3 is 0 Å².